The Hall–Kier alpha value is -1.36. The Labute approximate surface area is 145 Å². The summed E-state index contributed by atoms with van der Waals surface area (Å²) in [5.41, 5.74) is 1.25. The number of carbonyl (C=O) groups excluding carboxylic acids is 1. The van der Waals surface area contributed by atoms with E-state index in [1.54, 1.807) is 0 Å². The van der Waals surface area contributed by atoms with Crippen LogP contribution in [0.4, 0.5) is 0 Å². The number of hydrogen-bond acceptors (Lipinski definition) is 3. The van der Waals surface area contributed by atoms with Gasteiger partial charge in [0.2, 0.25) is 5.91 Å². The van der Waals surface area contributed by atoms with E-state index in [0.29, 0.717) is 18.9 Å². The molecule has 1 heterocycles. The van der Waals surface area contributed by atoms with Crippen LogP contribution in [-0.2, 0) is 21.1 Å². The molecule has 1 aromatic rings. The SMILES string of the molecule is O=C(CC1CCS(=O)(=O)C1)N(CCc1ccccc1)C1CCCC1. The molecule has 4 nitrogen and oxygen atoms in total. The minimum absolute atomic E-state index is 0.0168. The van der Waals surface area contributed by atoms with E-state index in [2.05, 4.69) is 12.1 Å². The Morgan fingerprint density at radius 1 is 1.08 bits per heavy atom. The second kappa shape index (κ2) is 7.68. The summed E-state index contributed by atoms with van der Waals surface area (Å²) < 4.78 is 23.3. The first kappa shape index (κ1) is 17.5. The lowest BCUT2D eigenvalue weighted by Gasteiger charge is -2.30. The number of rotatable bonds is 6. The van der Waals surface area contributed by atoms with Crippen LogP contribution in [0.2, 0.25) is 0 Å². The predicted octanol–water partition coefficient (Wildman–Crippen LogP) is 2.83. The highest BCUT2D eigenvalue weighted by Gasteiger charge is 2.33. The van der Waals surface area contributed by atoms with Crippen molar-refractivity contribution in [1.29, 1.82) is 0 Å². The third-order valence-electron chi connectivity index (χ3n) is 5.36. The standard InChI is InChI=1S/C19H27NO3S/c21-19(14-17-11-13-24(22,23)15-17)20(18-8-4-5-9-18)12-10-16-6-2-1-3-7-16/h1-3,6-7,17-18H,4-5,8-15H2. The summed E-state index contributed by atoms with van der Waals surface area (Å²) in [5.74, 6) is 0.608. The van der Waals surface area contributed by atoms with Gasteiger partial charge in [-0.05, 0) is 37.2 Å². The molecular weight excluding hydrogens is 322 g/mol. The minimum atomic E-state index is -2.91. The van der Waals surface area contributed by atoms with Crippen molar-refractivity contribution in [2.75, 3.05) is 18.1 Å². The summed E-state index contributed by atoms with van der Waals surface area (Å²) in [4.78, 5) is 14.9. The van der Waals surface area contributed by atoms with E-state index in [1.807, 2.05) is 23.1 Å². The van der Waals surface area contributed by atoms with Crippen LogP contribution >= 0.6 is 0 Å². The summed E-state index contributed by atoms with van der Waals surface area (Å²) in [7, 11) is -2.91. The van der Waals surface area contributed by atoms with Crippen LogP contribution in [0.15, 0.2) is 30.3 Å². The van der Waals surface area contributed by atoms with Crippen LogP contribution in [0, 0.1) is 5.92 Å². The maximum Gasteiger partial charge on any atom is 0.223 e. The van der Waals surface area contributed by atoms with Crippen LogP contribution in [0.25, 0.3) is 0 Å². The van der Waals surface area contributed by atoms with E-state index in [0.717, 1.165) is 25.8 Å². The summed E-state index contributed by atoms with van der Waals surface area (Å²) >= 11 is 0. The maximum atomic E-state index is 12.8. The fourth-order valence-electron chi connectivity index (χ4n) is 4.02. The van der Waals surface area contributed by atoms with Crippen molar-refractivity contribution in [2.24, 2.45) is 5.92 Å². The third kappa shape index (κ3) is 4.59. The molecule has 1 unspecified atom stereocenters. The van der Waals surface area contributed by atoms with Gasteiger partial charge in [-0.1, -0.05) is 43.2 Å². The lowest BCUT2D eigenvalue weighted by atomic mass is 10.0. The van der Waals surface area contributed by atoms with E-state index in [4.69, 9.17) is 0 Å². The summed E-state index contributed by atoms with van der Waals surface area (Å²) in [6.45, 7) is 0.743. The fourth-order valence-corrected chi connectivity index (χ4v) is 5.88. The van der Waals surface area contributed by atoms with Crippen molar-refractivity contribution in [3.05, 3.63) is 35.9 Å². The highest BCUT2D eigenvalue weighted by Crippen LogP contribution is 2.27. The molecule has 1 saturated heterocycles. The van der Waals surface area contributed by atoms with Gasteiger partial charge in [0.05, 0.1) is 11.5 Å². The normalized spacial score (nSPS) is 23.4. The Morgan fingerprint density at radius 3 is 2.42 bits per heavy atom. The molecule has 1 amide bonds. The van der Waals surface area contributed by atoms with E-state index < -0.39 is 9.84 Å². The fraction of sp³-hybridized carbons (Fsp3) is 0.632. The molecule has 1 aliphatic carbocycles. The summed E-state index contributed by atoms with van der Waals surface area (Å²) in [6.07, 6.45) is 6.46. The van der Waals surface area contributed by atoms with Gasteiger partial charge < -0.3 is 4.90 Å². The van der Waals surface area contributed by atoms with Gasteiger partial charge in [0, 0.05) is 19.0 Å². The molecule has 0 aromatic heterocycles. The molecule has 1 saturated carbocycles. The number of carbonyl (C=O) groups is 1. The molecule has 2 fully saturated rings. The van der Waals surface area contributed by atoms with Crippen LogP contribution in [-0.4, -0.2) is 43.3 Å². The maximum absolute atomic E-state index is 12.8. The molecule has 0 bridgehead atoms. The molecular formula is C19H27NO3S. The topological polar surface area (TPSA) is 54.5 Å². The number of hydrogen-bond donors (Lipinski definition) is 0. The molecule has 0 radical (unpaired) electrons. The largest absolute Gasteiger partial charge is 0.339 e. The van der Waals surface area contributed by atoms with Crippen LogP contribution < -0.4 is 0 Å². The van der Waals surface area contributed by atoms with E-state index in [1.165, 1.54) is 18.4 Å². The molecule has 0 N–H and O–H groups in total. The lowest BCUT2D eigenvalue weighted by Crippen LogP contribution is -2.41. The molecule has 24 heavy (non-hydrogen) atoms. The van der Waals surface area contributed by atoms with E-state index in [9.17, 15) is 13.2 Å². The first-order valence-corrected chi connectivity index (χ1v) is 10.9. The molecule has 1 aliphatic heterocycles. The molecule has 132 valence electrons. The van der Waals surface area contributed by atoms with Gasteiger partial charge in [0.1, 0.15) is 0 Å². The zero-order valence-electron chi connectivity index (χ0n) is 14.2. The smallest absolute Gasteiger partial charge is 0.223 e. The molecule has 3 rings (SSSR count). The Balaban J connectivity index is 1.62. The van der Waals surface area contributed by atoms with Gasteiger partial charge in [-0.3, -0.25) is 4.79 Å². The van der Waals surface area contributed by atoms with Crippen LogP contribution in [0.5, 0.6) is 0 Å². The average Bonchev–Trinajstić information content (AvgIpc) is 3.18. The van der Waals surface area contributed by atoms with Gasteiger partial charge >= 0.3 is 0 Å². The van der Waals surface area contributed by atoms with Gasteiger partial charge in [0.25, 0.3) is 0 Å². The average molecular weight is 349 g/mol. The van der Waals surface area contributed by atoms with Crippen LogP contribution in [0.1, 0.15) is 44.1 Å². The second-order valence-electron chi connectivity index (χ2n) is 7.23. The third-order valence-corrected chi connectivity index (χ3v) is 7.20. The monoisotopic (exact) mass is 349 g/mol. The van der Waals surface area contributed by atoms with Gasteiger partial charge in [-0.25, -0.2) is 8.42 Å². The number of amides is 1. The minimum Gasteiger partial charge on any atom is -0.339 e. The van der Waals surface area contributed by atoms with Crippen LogP contribution in [0.3, 0.4) is 0 Å². The van der Waals surface area contributed by atoms with E-state index in [-0.39, 0.29) is 23.3 Å². The first-order valence-electron chi connectivity index (χ1n) is 9.07. The van der Waals surface area contributed by atoms with Crippen molar-refractivity contribution in [2.45, 2.75) is 51.0 Å². The quantitative estimate of drug-likeness (QED) is 0.793. The van der Waals surface area contributed by atoms with Crippen molar-refractivity contribution in [3.63, 3.8) is 0 Å². The van der Waals surface area contributed by atoms with E-state index >= 15 is 0 Å². The zero-order chi connectivity index (χ0) is 17.0. The van der Waals surface area contributed by atoms with Crippen molar-refractivity contribution in [3.8, 4) is 0 Å². The molecule has 0 spiro atoms. The van der Waals surface area contributed by atoms with Gasteiger partial charge in [-0.2, -0.15) is 0 Å². The zero-order valence-corrected chi connectivity index (χ0v) is 15.0. The predicted molar refractivity (Wildman–Crippen MR) is 95.5 cm³/mol. The molecule has 1 atom stereocenters. The Kier molecular flexibility index (Phi) is 5.59. The summed E-state index contributed by atoms with van der Waals surface area (Å²) in [6, 6.07) is 10.6. The lowest BCUT2D eigenvalue weighted by molar-refractivity contribution is -0.134. The van der Waals surface area contributed by atoms with Crippen molar-refractivity contribution >= 4 is 15.7 Å². The molecule has 1 aromatic carbocycles. The number of sulfone groups is 1. The second-order valence-corrected chi connectivity index (χ2v) is 9.46. The van der Waals surface area contributed by atoms with Gasteiger partial charge in [0.15, 0.2) is 9.84 Å². The first-order chi connectivity index (χ1) is 11.5. The highest BCUT2D eigenvalue weighted by molar-refractivity contribution is 7.91. The number of benzene rings is 1. The Bertz CT molecular complexity index is 650. The van der Waals surface area contributed by atoms with Gasteiger partial charge in [-0.15, -0.1) is 0 Å². The van der Waals surface area contributed by atoms with Crippen molar-refractivity contribution < 1.29 is 13.2 Å². The molecule has 2 aliphatic rings. The highest BCUT2D eigenvalue weighted by atomic mass is 32.2. The van der Waals surface area contributed by atoms with Crippen molar-refractivity contribution in [1.82, 2.24) is 4.90 Å². The molecule has 5 heteroatoms. The Morgan fingerprint density at radius 2 is 1.79 bits per heavy atom. The summed E-state index contributed by atoms with van der Waals surface area (Å²) in [5, 5.41) is 0. The number of nitrogens with zero attached hydrogens (tertiary/aromatic N) is 1.